The summed E-state index contributed by atoms with van der Waals surface area (Å²) in [6, 6.07) is 6.27. The number of carbonyl (C=O) groups is 4. The van der Waals surface area contributed by atoms with Gasteiger partial charge in [-0.05, 0) is 31.2 Å². The predicted octanol–water partition coefficient (Wildman–Crippen LogP) is 0.913. The molecule has 1 aromatic rings. The molecule has 10 nitrogen and oxygen atoms in total. The van der Waals surface area contributed by atoms with Crippen LogP contribution in [0, 0.1) is 0 Å². The maximum absolute atomic E-state index is 12.2. The molecule has 1 aromatic carbocycles. The molecule has 12 heteroatoms. The van der Waals surface area contributed by atoms with E-state index in [1.165, 1.54) is 11.8 Å². The van der Waals surface area contributed by atoms with Gasteiger partial charge < -0.3 is 20.7 Å². The number of benzene rings is 1. The van der Waals surface area contributed by atoms with E-state index >= 15 is 0 Å². The Morgan fingerprint density at radius 3 is 2.55 bits per heavy atom. The molecule has 0 spiro atoms. The van der Waals surface area contributed by atoms with Crippen molar-refractivity contribution in [3.05, 3.63) is 29.8 Å². The third kappa shape index (κ3) is 5.81. The van der Waals surface area contributed by atoms with Crippen molar-refractivity contribution in [2.75, 3.05) is 17.7 Å². The highest BCUT2D eigenvalue weighted by Crippen LogP contribution is 2.23. The minimum atomic E-state index is -0.640. The minimum absolute atomic E-state index is 0.0583. The van der Waals surface area contributed by atoms with Crippen LogP contribution in [0.1, 0.15) is 23.7 Å². The van der Waals surface area contributed by atoms with Gasteiger partial charge in [0.15, 0.2) is 10.3 Å². The van der Waals surface area contributed by atoms with Gasteiger partial charge in [0.2, 0.25) is 17.7 Å². The van der Waals surface area contributed by atoms with Gasteiger partial charge in [-0.3, -0.25) is 14.4 Å². The molecule has 0 aliphatic carbocycles. The van der Waals surface area contributed by atoms with Crippen molar-refractivity contribution in [1.82, 2.24) is 10.6 Å². The van der Waals surface area contributed by atoms with Crippen molar-refractivity contribution in [1.29, 1.82) is 0 Å². The third-order valence-corrected chi connectivity index (χ3v) is 5.58. The number of thioether (sulfide) groups is 2. The van der Waals surface area contributed by atoms with Crippen molar-refractivity contribution in [2.24, 2.45) is 10.2 Å². The summed E-state index contributed by atoms with van der Waals surface area (Å²) < 4.78 is 4.90. The lowest BCUT2D eigenvalue weighted by Gasteiger charge is -2.08. The van der Waals surface area contributed by atoms with Crippen LogP contribution in [-0.4, -0.2) is 51.6 Å². The molecule has 0 saturated carbocycles. The highest BCUT2D eigenvalue weighted by atomic mass is 32.2. The number of nitrogens with one attached hydrogen (secondary N) is 3. The number of amidine groups is 2. The molecule has 2 aliphatic rings. The van der Waals surface area contributed by atoms with Gasteiger partial charge in [-0.25, -0.2) is 4.79 Å². The topological polar surface area (TPSA) is 138 Å². The summed E-state index contributed by atoms with van der Waals surface area (Å²) in [5.41, 5.74) is 0.885. The van der Waals surface area contributed by atoms with Crippen molar-refractivity contribution >= 4 is 63.2 Å². The Morgan fingerprint density at radius 1 is 1.17 bits per heavy atom. The molecular formula is C17H17N5O5S2. The third-order valence-electron chi connectivity index (χ3n) is 3.65. The second kappa shape index (κ2) is 9.56. The molecule has 0 unspecified atom stereocenters. The van der Waals surface area contributed by atoms with Gasteiger partial charge in [0.25, 0.3) is 0 Å². The standard InChI is InChI=1S/C17H17N5O5S2/c1-2-27-15(26)9-3-5-10(6-4-9)18-12(23)7-11-14(25)20-17(29-11)22-21-16-19-13(24)8-28-16/h3-6,11H,2,7-8H2,1H3,(H,18,23)(H,19,21,24)(H,20,22,25)/t11-/m1/s1. The largest absolute Gasteiger partial charge is 0.462 e. The zero-order chi connectivity index (χ0) is 20.8. The molecule has 3 rings (SSSR count). The highest BCUT2D eigenvalue weighted by Gasteiger charge is 2.32. The van der Waals surface area contributed by atoms with Crippen LogP contribution in [0.5, 0.6) is 0 Å². The number of hydrogen-bond acceptors (Lipinski definition) is 9. The van der Waals surface area contributed by atoms with Crippen LogP contribution in [0.4, 0.5) is 5.69 Å². The molecule has 2 aliphatic heterocycles. The van der Waals surface area contributed by atoms with Crippen LogP contribution in [0.15, 0.2) is 34.5 Å². The van der Waals surface area contributed by atoms with Crippen LogP contribution in [-0.2, 0) is 19.1 Å². The zero-order valence-electron chi connectivity index (χ0n) is 15.3. The first-order chi connectivity index (χ1) is 13.9. The fraction of sp³-hybridized carbons (Fsp3) is 0.294. The molecule has 0 aromatic heterocycles. The number of nitrogens with zero attached hydrogens (tertiary/aromatic N) is 2. The Kier molecular flexibility index (Phi) is 6.88. The molecule has 0 radical (unpaired) electrons. The van der Waals surface area contributed by atoms with Crippen molar-refractivity contribution in [3.8, 4) is 0 Å². The van der Waals surface area contributed by atoms with Gasteiger partial charge in [-0.1, -0.05) is 23.5 Å². The molecule has 2 heterocycles. The number of hydrogen-bond donors (Lipinski definition) is 3. The lowest BCUT2D eigenvalue weighted by molar-refractivity contribution is -0.122. The molecule has 2 fully saturated rings. The van der Waals surface area contributed by atoms with E-state index in [-0.39, 0.29) is 41.7 Å². The Balaban J connectivity index is 1.52. The number of ether oxygens (including phenoxy) is 1. The van der Waals surface area contributed by atoms with E-state index in [1.54, 1.807) is 31.2 Å². The quantitative estimate of drug-likeness (QED) is 0.446. The van der Waals surface area contributed by atoms with E-state index in [1.807, 2.05) is 0 Å². The molecule has 0 bridgehead atoms. The van der Waals surface area contributed by atoms with Gasteiger partial charge in [0, 0.05) is 12.1 Å². The number of rotatable bonds is 6. The van der Waals surface area contributed by atoms with Crippen LogP contribution in [0.25, 0.3) is 0 Å². The van der Waals surface area contributed by atoms with E-state index in [4.69, 9.17) is 4.74 Å². The van der Waals surface area contributed by atoms with Crippen LogP contribution >= 0.6 is 23.5 Å². The Morgan fingerprint density at radius 2 is 1.90 bits per heavy atom. The van der Waals surface area contributed by atoms with Gasteiger partial charge in [-0.15, -0.1) is 10.2 Å². The van der Waals surface area contributed by atoms with Crippen molar-refractivity contribution in [3.63, 3.8) is 0 Å². The average Bonchev–Trinajstić information content (AvgIpc) is 3.26. The van der Waals surface area contributed by atoms with E-state index in [0.29, 0.717) is 16.4 Å². The summed E-state index contributed by atoms with van der Waals surface area (Å²) >= 11 is 2.31. The van der Waals surface area contributed by atoms with Crippen molar-refractivity contribution < 1.29 is 23.9 Å². The number of anilines is 1. The normalized spacial score (nSPS) is 21.2. The molecule has 152 valence electrons. The van der Waals surface area contributed by atoms with E-state index in [2.05, 4.69) is 26.2 Å². The van der Waals surface area contributed by atoms with Gasteiger partial charge in [0.05, 0.1) is 17.9 Å². The first-order valence-corrected chi connectivity index (χ1v) is 10.4. The van der Waals surface area contributed by atoms with E-state index in [9.17, 15) is 19.2 Å². The number of esters is 1. The van der Waals surface area contributed by atoms with Crippen LogP contribution < -0.4 is 16.0 Å². The molecular weight excluding hydrogens is 418 g/mol. The summed E-state index contributed by atoms with van der Waals surface area (Å²) in [6.07, 6.45) is -0.0583. The zero-order valence-corrected chi connectivity index (χ0v) is 16.9. The van der Waals surface area contributed by atoms with E-state index in [0.717, 1.165) is 11.8 Å². The summed E-state index contributed by atoms with van der Waals surface area (Å²) in [5, 5.41) is 15.5. The Hall–Kier alpha value is -2.86. The van der Waals surface area contributed by atoms with Crippen LogP contribution in [0.2, 0.25) is 0 Å². The molecule has 3 N–H and O–H groups in total. The van der Waals surface area contributed by atoms with Gasteiger partial charge in [0.1, 0.15) is 5.25 Å². The molecule has 29 heavy (non-hydrogen) atoms. The number of amides is 3. The Bertz CT molecular complexity index is 900. The smallest absolute Gasteiger partial charge is 0.338 e. The summed E-state index contributed by atoms with van der Waals surface area (Å²) in [5.74, 6) is -0.998. The molecule has 1 atom stereocenters. The predicted molar refractivity (Wildman–Crippen MR) is 111 cm³/mol. The van der Waals surface area contributed by atoms with E-state index < -0.39 is 11.2 Å². The molecule has 2 saturated heterocycles. The van der Waals surface area contributed by atoms with Crippen LogP contribution in [0.3, 0.4) is 0 Å². The maximum Gasteiger partial charge on any atom is 0.338 e. The second-order valence-electron chi connectivity index (χ2n) is 5.79. The SMILES string of the molecule is CCOC(=O)c1ccc(NC(=O)C[C@H]2S/C(=N\N=C3\NC(=O)CS3)NC2=O)cc1. The first kappa shape index (κ1) is 20.9. The summed E-state index contributed by atoms with van der Waals surface area (Å²) in [6.45, 7) is 2.00. The molecule has 3 amide bonds. The fourth-order valence-corrected chi connectivity index (χ4v) is 3.88. The lowest BCUT2D eigenvalue weighted by atomic mass is 10.2. The first-order valence-electron chi connectivity index (χ1n) is 8.57. The highest BCUT2D eigenvalue weighted by molar-refractivity contribution is 8.15. The van der Waals surface area contributed by atoms with Crippen molar-refractivity contribution in [2.45, 2.75) is 18.6 Å². The number of carbonyl (C=O) groups excluding carboxylic acids is 4. The minimum Gasteiger partial charge on any atom is -0.462 e. The average molecular weight is 435 g/mol. The second-order valence-corrected chi connectivity index (χ2v) is 7.95. The lowest BCUT2D eigenvalue weighted by Crippen LogP contribution is -2.28. The summed E-state index contributed by atoms with van der Waals surface area (Å²) in [4.78, 5) is 47.0. The fourth-order valence-electron chi connectivity index (χ4n) is 2.34. The maximum atomic E-state index is 12.2. The van der Waals surface area contributed by atoms with Gasteiger partial charge in [-0.2, -0.15) is 0 Å². The van der Waals surface area contributed by atoms with Gasteiger partial charge >= 0.3 is 5.97 Å². The monoisotopic (exact) mass is 435 g/mol. The summed E-state index contributed by atoms with van der Waals surface area (Å²) in [7, 11) is 0. The Labute approximate surface area is 174 Å².